The van der Waals surface area contributed by atoms with Gasteiger partial charge in [-0.2, -0.15) is 4.98 Å². The Balaban J connectivity index is 1.87. The summed E-state index contributed by atoms with van der Waals surface area (Å²) in [6.07, 6.45) is 2.10. The summed E-state index contributed by atoms with van der Waals surface area (Å²) in [6.45, 7) is 2.19. The van der Waals surface area contributed by atoms with Crippen LogP contribution in [0.1, 0.15) is 22.1 Å². The first-order valence-electron chi connectivity index (χ1n) is 5.90. The van der Waals surface area contributed by atoms with Crippen LogP contribution in [-0.2, 0) is 6.42 Å². The molecule has 0 aliphatic carbocycles. The average Bonchev–Trinajstić information content (AvgIpc) is 2.84. The Kier molecular flexibility index (Phi) is 4.07. The summed E-state index contributed by atoms with van der Waals surface area (Å²) < 4.78 is 4.96. The number of carbonyl (C=O) groups is 1. The van der Waals surface area contributed by atoms with Gasteiger partial charge in [-0.25, -0.2) is 4.98 Å². The number of nitrogens with one attached hydrogen (secondary N) is 2. The molecular formula is C12H15N5O2. The third kappa shape index (κ3) is 3.51. The first-order chi connectivity index (χ1) is 9.19. The van der Waals surface area contributed by atoms with Crippen LogP contribution in [0.4, 0.5) is 5.82 Å². The first-order valence-corrected chi connectivity index (χ1v) is 5.90. The molecule has 0 atom stereocenters. The number of hydrogen-bond acceptors (Lipinski definition) is 6. The van der Waals surface area contributed by atoms with Crippen LogP contribution >= 0.6 is 0 Å². The molecule has 0 saturated carbocycles. The molecule has 0 fully saturated rings. The number of aryl methyl sites for hydroxylation is 1. The molecule has 7 heteroatoms. The number of carbonyl (C=O) groups excluding carboxylic acids is 1. The van der Waals surface area contributed by atoms with Gasteiger partial charge in [0.2, 0.25) is 5.89 Å². The van der Waals surface area contributed by atoms with Crippen LogP contribution in [-0.4, -0.2) is 34.6 Å². The van der Waals surface area contributed by atoms with E-state index in [4.69, 9.17) is 4.52 Å². The molecule has 0 unspecified atom stereocenters. The van der Waals surface area contributed by atoms with Crippen LogP contribution in [0.15, 0.2) is 22.9 Å². The highest BCUT2D eigenvalue weighted by molar-refractivity contribution is 5.94. The maximum atomic E-state index is 11.9. The third-order valence-corrected chi connectivity index (χ3v) is 2.47. The Hall–Kier alpha value is -2.44. The Bertz CT molecular complexity index is 567. The lowest BCUT2D eigenvalue weighted by molar-refractivity contribution is 0.0953. The summed E-state index contributed by atoms with van der Waals surface area (Å²) in [5.74, 6) is 1.60. The average molecular weight is 261 g/mol. The molecule has 2 aromatic heterocycles. The zero-order valence-corrected chi connectivity index (χ0v) is 10.8. The Morgan fingerprint density at radius 1 is 1.47 bits per heavy atom. The normalized spacial score (nSPS) is 10.2. The zero-order valence-electron chi connectivity index (χ0n) is 10.8. The molecule has 0 aromatic carbocycles. The van der Waals surface area contributed by atoms with Crippen LogP contribution in [0.3, 0.4) is 0 Å². The van der Waals surface area contributed by atoms with Crippen molar-refractivity contribution in [1.82, 2.24) is 20.4 Å². The molecule has 2 N–H and O–H groups in total. The highest BCUT2D eigenvalue weighted by Gasteiger charge is 2.07. The second-order valence-corrected chi connectivity index (χ2v) is 3.92. The molecular weight excluding hydrogens is 246 g/mol. The molecule has 0 saturated heterocycles. The maximum absolute atomic E-state index is 11.9. The van der Waals surface area contributed by atoms with Crippen molar-refractivity contribution in [3.8, 4) is 0 Å². The van der Waals surface area contributed by atoms with E-state index in [2.05, 4.69) is 25.8 Å². The number of hydrogen-bond donors (Lipinski definition) is 2. The van der Waals surface area contributed by atoms with Crippen molar-refractivity contribution < 1.29 is 9.32 Å². The van der Waals surface area contributed by atoms with Gasteiger partial charge in [0.25, 0.3) is 5.91 Å². The predicted octanol–water partition coefficient (Wildman–Crippen LogP) is 0.787. The van der Waals surface area contributed by atoms with Crippen LogP contribution in [0, 0.1) is 6.92 Å². The Morgan fingerprint density at radius 3 is 3.00 bits per heavy atom. The fourth-order valence-corrected chi connectivity index (χ4v) is 1.54. The number of pyridine rings is 1. The smallest absolute Gasteiger partial charge is 0.251 e. The number of anilines is 1. The summed E-state index contributed by atoms with van der Waals surface area (Å²) in [6, 6.07) is 3.35. The second-order valence-electron chi connectivity index (χ2n) is 3.92. The minimum Gasteiger partial charge on any atom is -0.373 e. The molecule has 2 heterocycles. The molecule has 0 aliphatic heterocycles. The van der Waals surface area contributed by atoms with Crippen molar-refractivity contribution in [1.29, 1.82) is 0 Å². The molecule has 0 aliphatic rings. The van der Waals surface area contributed by atoms with Crippen molar-refractivity contribution >= 4 is 11.7 Å². The van der Waals surface area contributed by atoms with Gasteiger partial charge in [0.15, 0.2) is 5.82 Å². The summed E-state index contributed by atoms with van der Waals surface area (Å²) in [4.78, 5) is 20.0. The molecule has 100 valence electrons. The fourth-order valence-electron chi connectivity index (χ4n) is 1.54. The van der Waals surface area contributed by atoms with Crippen molar-refractivity contribution in [2.45, 2.75) is 13.3 Å². The van der Waals surface area contributed by atoms with E-state index in [1.54, 1.807) is 32.3 Å². The lowest BCUT2D eigenvalue weighted by Crippen LogP contribution is -2.25. The summed E-state index contributed by atoms with van der Waals surface area (Å²) in [5.41, 5.74) is 0.557. The topological polar surface area (TPSA) is 92.9 Å². The van der Waals surface area contributed by atoms with E-state index < -0.39 is 0 Å². The van der Waals surface area contributed by atoms with Gasteiger partial charge in [-0.15, -0.1) is 0 Å². The minimum atomic E-state index is -0.157. The monoisotopic (exact) mass is 261 g/mol. The van der Waals surface area contributed by atoms with Gasteiger partial charge in [-0.05, 0) is 19.1 Å². The van der Waals surface area contributed by atoms with Crippen molar-refractivity contribution in [2.75, 3.05) is 18.9 Å². The molecule has 2 aromatic rings. The van der Waals surface area contributed by atoms with E-state index in [-0.39, 0.29) is 5.91 Å². The molecule has 1 amide bonds. The Labute approximate surface area is 110 Å². The Morgan fingerprint density at radius 2 is 2.32 bits per heavy atom. The maximum Gasteiger partial charge on any atom is 0.251 e. The van der Waals surface area contributed by atoms with Crippen molar-refractivity contribution in [2.24, 2.45) is 0 Å². The molecule has 7 nitrogen and oxygen atoms in total. The van der Waals surface area contributed by atoms with E-state index in [1.165, 1.54) is 0 Å². The molecule has 0 spiro atoms. The van der Waals surface area contributed by atoms with Gasteiger partial charge in [-0.3, -0.25) is 4.79 Å². The largest absolute Gasteiger partial charge is 0.373 e. The van der Waals surface area contributed by atoms with Crippen LogP contribution in [0.5, 0.6) is 0 Å². The number of aromatic nitrogens is 3. The third-order valence-electron chi connectivity index (χ3n) is 2.47. The summed E-state index contributed by atoms with van der Waals surface area (Å²) >= 11 is 0. The minimum absolute atomic E-state index is 0.157. The second kappa shape index (κ2) is 5.94. The van der Waals surface area contributed by atoms with Crippen molar-refractivity contribution in [3.05, 3.63) is 35.6 Å². The zero-order chi connectivity index (χ0) is 13.7. The van der Waals surface area contributed by atoms with Gasteiger partial charge < -0.3 is 15.2 Å². The van der Waals surface area contributed by atoms with Gasteiger partial charge in [0.1, 0.15) is 5.82 Å². The van der Waals surface area contributed by atoms with E-state index in [9.17, 15) is 4.79 Å². The quantitative estimate of drug-likeness (QED) is 0.826. The first kappa shape index (κ1) is 13.0. The predicted molar refractivity (Wildman–Crippen MR) is 68.9 cm³/mol. The van der Waals surface area contributed by atoms with E-state index in [0.29, 0.717) is 36.1 Å². The standard InChI is InChI=1S/C12H15N5O2/c1-8-16-11(19-17-8)4-6-15-12(18)9-3-5-14-10(7-9)13-2/h3,5,7H,4,6H2,1-2H3,(H,13,14)(H,15,18). The number of nitrogens with zero attached hydrogens (tertiary/aromatic N) is 3. The van der Waals surface area contributed by atoms with E-state index >= 15 is 0 Å². The summed E-state index contributed by atoms with van der Waals surface area (Å²) in [5, 5.41) is 9.35. The molecule has 0 radical (unpaired) electrons. The molecule has 19 heavy (non-hydrogen) atoms. The van der Waals surface area contributed by atoms with E-state index in [1.807, 2.05) is 0 Å². The van der Waals surface area contributed by atoms with Crippen LogP contribution in [0.2, 0.25) is 0 Å². The summed E-state index contributed by atoms with van der Waals surface area (Å²) in [7, 11) is 1.75. The molecule has 2 rings (SSSR count). The SMILES string of the molecule is CNc1cc(C(=O)NCCc2nc(C)no2)ccn1. The molecule has 0 bridgehead atoms. The fraction of sp³-hybridized carbons (Fsp3) is 0.333. The van der Waals surface area contributed by atoms with Crippen LogP contribution < -0.4 is 10.6 Å². The highest BCUT2D eigenvalue weighted by Crippen LogP contribution is 2.05. The van der Waals surface area contributed by atoms with Crippen LogP contribution in [0.25, 0.3) is 0 Å². The number of rotatable bonds is 5. The van der Waals surface area contributed by atoms with Gasteiger partial charge in [0, 0.05) is 31.8 Å². The van der Waals surface area contributed by atoms with Gasteiger partial charge in [0.05, 0.1) is 0 Å². The number of amides is 1. The lowest BCUT2D eigenvalue weighted by Gasteiger charge is -2.05. The van der Waals surface area contributed by atoms with E-state index in [0.717, 1.165) is 0 Å². The highest BCUT2D eigenvalue weighted by atomic mass is 16.5. The van der Waals surface area contributed by atoms with Gasteiger partial charge >= 0.3 is 0 Å². The lowest BCUT2D eigenvalue weighted by atomic mass is 10.2. The van der Waals surface area contributed by atoms with Gasteiger partial charge in [-0.1, -0.05) is 5.16 Å². The van der Waals surface area contributed by atoms with Crippen molar-refractivity contribution in [3.63, 3.8) is 0 Å².